The Morgan fingerprint density at radius 2 is 2.32 bits per heavy atom. The second-order valence-electron chi connectivity index (χ2n) is 3.87. The number of carbonyl (C=O) groups is 1. The zero-order chi connectivity index (χ0) is 13.7. The van der Waals surface area contributed by atoms with Gasteiger partial charge in [0.1, 0.15) is 0 Å². The molecular weight excluding hydrogens is 242 g/mol. The van der Waals surface area contributed by atoms with E-state index < -0.39 is 0 Å². The molecule has 0 atom stereocenters. The van der Waals surface area contributed by atoms with Crippen molar-refractivity contribution in [1.82, 2.24) is 5.16 Å². The van der Waals surface area contributed by atoms with Crippen molar-refractivity contribution in [3.63, 3.8) is 0 Å². The van der Waals surface area contributed by atoms with Gasteiger partial charge in [-0.1, -0.05) is 23.1 Å². The van der Waals surface area contributed by atoms with E-state index in [1.807, 2.05) is 19.1 Å². The summed E-state index contributed by atoms with van der Waals surface area (Å²) >= 11 is 0. The van der Waals surface area contributed by atoms with Crippen LogP contribution in [0.4, 0.5) is 5.69 Å². The molecule has 0 fully saturated rings. The lowest BCUT2D eigenvalue weighted by atomic mass is 10.1. The first-order chi connectivity index (χ1) is 9.20. The molecule has 0 saturated heterocycles. The summed E-state index contributed by atoms with van der Waals surface area (Å²) in [7, 11) is 0. The maximum absolute atomic E-state index is 11.9. The average molecular weight is 255 g/mol. The van der Waals surface area contributed by atoms with Crippen LogP contribution in [0.3, 0.4) is 0 Å². The SMILES string of the molecule is Cc1ccc(C#CCN)cc1NC(=O)c1ccno1. The molecule has 2 rings (SSSR count). The van der Waals surface area contributed by atoms with E-state index in [0.29, 0.717) is 12.2 Å². The number of rotatable bonds is 2. The molecule has 5 nitrogen and oxygen atoms in total. The minimum absolute atomic E-state index is 0.165. The minimum Gasteiger partial charge on any atom is -0.351 e. The van der Waals surface area contributed by atoms with Crippen molar-refractivity contribution in [2.75, 3.05) is 11.9 Å². The first-order valence-corrected chi connectivity index (χ1v) is 5.72. The number of nitrogens with one attached hydrogen (secondary N) is 1. The fourth-order valence-electron chi connectivity index (χ4n) is 1.50. The van der Waals surface area contributed by atoms with Crippen molar-refractivity contribution < 1.29 is 9.32 Å². The third-order valence-corrected chi connectivity index (χ3v) is 2.48. The number of aryl methyl sites for hydroxylation is 1. The second kappa shape index (κ2) is 5.85. The number of amides is 1. The largest absolute Gasteiger partial charge is 0.351 e. The van der Waals surface area contributed by atoms with Gasteiger partial charge < -0.3 is 15.6 Å². The van der Waals surface area contributed by atoms with E-state index in [9.17, 15) is 4.79 Å². The van der Waals surface area contributed by atoms with E-state index in [2.05, 4.69) is 22.3 Å². The highest BCUT2D eigenvalue weighted by atomic mass is 16.5. The lowest BCUT2D eigenvalue weighted by Gasteiger charge is -2.07. The highest BCUT2D eigenvalue weighted by Gasteiger charge is 2.11. The molecule has 1 aromatic carbocycles. The summed E-state index contributed by atoms with van der Waals surface area (Å²) in [5.41, 5.74) is 7.74. The maximum atomic E-state index is 11.9. The number of anilines is 1. The molecule has 0 radical (unpaired) electrons. The van der Waals surface area contributed by atoms with Crippen LogP contribution in [0, 0.1) is 18.8 Å². The molecule has 19 heavy (non-hydrogen) atoms. The summed E-state index contributed by atoms with van der Waals surface area (Å²) in [5.74, 6) is 5.51. The molecule has 1 amide bonds. The van der Waals surface area contributed by atoms with Gasteiger partial charge in [-0.15, -0.1) is 0 Å². The van der Waals surface area contributed by atoms with Gasteiger partial charge in [0.25, 0.3) is 5.91 Å². The first-order valence-electron chi connectivity index (χ1n) is 5.72. The molecule has 0 spiro atoms. The van der Waals surface area contributed by atoms with Crippen LogP contribution in [0.2, 0.25) is 0 Å². The summed E-state index contributed by atoms with van der Waals surface area (Å²) in [6.07, 6.45) is 1.42. The Morgan fingerprint density at radius 1 is 1.47 bits per heavy atom. The van der Waals surface area contributed by atoms with E-state index in [1.165, 1.54) is 12.3 Å². The lowest BCUT2D eigenvalue weighted by Crippen LogP contribution is -2.12. The van der Waals surface area contributed by atoms with Crippen LogP contribution in [0.25, 0.3) is 0 Å². The molecule has 2 aromatic rings. The normalized spacial score (nSPS) is 9.58. The Hall–Kier alpha value is -2.58. The Kier molecular flexibility index (Phi) is 3.96. The molecule has 3 N–H and O–H groups in total. The molecule has 0 aliphatic rings. The number of hydrogen-bond acceptors (Lipinski definition) is 4. The molecule has 0 aliphatic heterocycles. The van der Waals surface area contributed by atoms with Gasteiger partial charge >= 0.3 is 0 Å². The topological polar surface area (TPSA) is 81.1 Å². The van der Waals surface area contributed by atoms with E-state index in [0.717, 1.165) is 11.1 Å². The van der Waals surface area contributed by atoms with Gasteiger partial charge in [-0.3, -0.25) is 4.79 Å². The van der Waals surface area contributed by atoms with Crippen molar-refractivity contribution in [1.29, 1.82) is 0 Å². The lowest BCUT2D eigenvalue weighted by molar-refractivity contribution is 0.0988. The van der Waals surface area contributed by atoms with Crippen LogP contribution in [-0.4, -0.2) is 17.6 Å². The summed E-state index contributed by atoms with van der Waals surface area (Å²) in [6.45, 7) is 2.20. The van der Waals surface area contributed by atoms with E-state index in [-0.39, 0.29) is 11.7 Å². The molecule has 0 unspecified atom stereocenters. The van der Waals surface area contributed by atoms with Crippen molar-refractivity contribution in [2.45, 2.75) is 6.92 Å². The third-order valence-electron chi connectivity index (χ3n) is 2.48. The quantitative estimate of drug-likeness (QED) is 0.798. The molecular formula is C14H13N3O2. The minimum atomic E-state index is -0.343. The van der Waals surface area contributed by atoms with Crippen LogP contribution in [-0.2, 0) is 0 Å². The van der Waals surface area contributed by atoms with Crippen LogP contribution in [0.15, 0.2) is 35.0 Å². The Balaban J connectivity index is 2.22. The third kappa shape index (κ3) is 3.21. The molecule has 5 heteroatoms. The van der Waals surface area contributed by atoms with Crippen molar-refractivity contribution >= 4 is 11.6 Å². The molecule has 1 heterocycles. The number of benzene rings is 1. The molecule has 0 aliphatic carbocycles. The standard InChI is InChI=1S/C14H13N3O2/c1-10-4-5-11(3-2-7-15)9-12(10)17-14(18)13-6-8-16-19-13/h4-6,8-9H,7,15H2,1H3,(H,17,18). The number of nitrogens with two attached hydrogens (primary N) is 1. The van der Waals surface area contributed by atoms with Gasteiger partial charge in [-0.25, -0.2) is 0 Å². The number of nitrogens with zero attached hydrogens (tertiary/aromatic N) is 1. The van der Waals surface area contributed by atoms with Crippen LogP contribution in [0.5, 0.6) is 0 Å². The van der Waals surface area contributed by atoms with Crippen molar-refractivity contribution in [3.8, 4) is 11.8 Å². The monoisotopic (exact) mass is 255 g/mol. The molecule has 0 bridgehead atoms. The van der Waals surface area contributed by atoms with Gasteiger partial charge in [0.15, 0.2) is 0 Å². The van der Waals surface area contributed by atoms with E-state index in [1.54, 1.807) is 6.07 Å². The Morgan fingerprint density at radius 3 is 3.00 bits per heavy atom. The fraction of sp³-hybridized carbons (Fsp3) is 0.143. The molecule has 0 saturated carbocycles. The van der Waals surface area contributed by atoms with Crippen LogP contribution < -0.4 is 11.1 Å². The maximum Gasteiger partial charge on any atom is 0.294 e. The first kappa shape index (κ1) is 12.9. The predicted octanol–water partition coefficient (Wildman–Crippen LogP) is 1.55. The summed E-state index contributed by atoms with van der Waals surface area (Å²) in [6, 6.07) is 7.06. The number of aromatic nitrogens is 1. The van der Waals surface area contributed by atoms with Gasteiger partial charge in [0, 0.05) is 17.3 Å². The Labute approximate surface area is 110 Å². The zero-order valence-electron chi connectivity index (χ0n) is 10.4. The summed E-state index contributed by atoms with van der Waals surface area (Å²) in [4.78, 5) is 11.9. The van der Waals surface area contributed by atoms with E-state index >= 15 is 0 Å². The van der Waals surface area contributed by atoms with Crippen molar-refractivity contribution in [3.05, 3.63) is 47.3 Å². The highest BCUT2D eigenvalue weighted by Crippen LogP contribution is 2.17. The summed E-state index contributed by atoms with van der Waals surface area (Å²) in [5, 5.41) is 6.25. The molecule has 1 aromatic heterocycles. The Bertz CT molecular complexity index is 636. The second-order valence-corrected chi connectivity index (χ2v) is 3.87. The van der Waals surface area contributed by atoms with Gasteiger partial charge in [0.2, 0.25) is 5.76 Å². The average Bonchev–Trinajstić information content (AvgIpc) is 2.93. The van der Waals surface area contributed by atoms with Crippen molar-refractivity contribution in [2.24, 2.45) is 5.73 Å². The number of hydrogen-bond donors (Lipinski definition) is 2. The smallest absolute Gasteiger partial charge is 0.294 e. The van der Waals surface area contributed by atoms with Gasteiger partial charge in [0.05, 0.1) is 12.7 Å². The van der Waals surface area contributed by atoms with Crippen LogP contribution in [0.1, 0.15) is 21.7 Å². The van der Waals surface area contributed by atoms with Gasteiger partial charge in [-0.2, -0.15) is 0 Å². The zero-order valence-corrected chi connectivity index (χ0v) is 10.4. The van der Waals surface area contributed by atoms with Gasteiger partial charge in [-0.05, 0) is 24.6 Å². The van der Waals surface area contributed by atoms with Crippen LogP contribution >= 0.6 is 0 Å². The number of carbonyl (C=O) groups excluding carboxylic acids is 1. The molecule has 96 valence electrons. The summed E-state index contributed by atoms with van der Waals surface area (Å²) < 4.78 is 4.80. The highest BCUT2D eigenvalue weighted by molar-refractivity contribution is 6.02. The fourth-order valence-corrected chi connectivity index (χ4v) is 1.50. The van der Waals surface area contributed by atoms with E-state index in [4.69, 9.17) is 10.3 Å². The predicted molar refractivity (Wildman–Crippen MR) is 71.6 cm³/mol.